The predicted octanol–water partition coefficient (Wildman–Crippen LogP) is 2.60. The fourth-order valence-corrected chi connectivity index (χ4v) is 1.90. The van der Waals surface area contributed by atoms with E-state index in [1.165, 1.54) is 0 Å². The molecule has 1 heterocycles. The summed E-state index contributed by atoms with van der Waals surface area (Å²) in [6.45, 7) is 2.55. The van der Waals surface area contributed by atoms with Crippen molar-refractivity contribution in [2.24, 2.45) is 0 Å². The van der Waals surface area contributed by atoms with Gasteiger partial charge in [-0.15, -0.1) is 0 Å². The van der Waals surface area contributed by atoms with Crippen LogP contribution < -0.4 is 0 Å². The lowest BCUT2D eigenvalue weighted by molar-refractivity contribution is 0.168. The molecule has 0 saturated carbocycles. The van der Waals surface area contributed by atoms with Crippen LogP contribution in [0.3, 0.4) is 0 Å². The topological polar surface area (TPSA) is 38.0 Å². The normalized spacial score (nSPS) is 12.7. The average molecular weight is 270 g/mol. The number of aliphatic hydroxyl groups is 1. The van der Waals surface area contributed by atoms with E-state index in [0.717, 1.165) is 12.1 Å². The van der Waals surface area contributed by atoms with Crippen LogP contribution in [-0.4, -0.2) is 14.7 Å². The van der Waals surface area contributed by atoms with E-state index in [2.05, 4.69) is 4.98 Å². The third-order valence-corrected chi connectivity index (χ3v) is 2.94. The first kappa shape index (κ1) is 13.6. The molecule has 102 valence electrons. The van der Waals surface area contributed by atoms with Gasteiger partial charge in [-0.25, -0.2) is 18.2 Å². The lowest BCUT2D eigenvalue weighted by Crippen LogP contribution is -2.11. The van der Waals surface area contributed by atoms with E-state index < -0.39 is 23.6 Å². The number of hydrogen-bond donors (Lipinski definition) is 1. The number of nitrogens with zero attached hydrogens (tertiary/aromatic N) is 2. The third-order valence-electron chi connectivity index (χ3n) is 2.94. The minimum absolute atomic E-state index is 0.0306. The fraction of sp³-hybridized carbons (Fsp3) is 0.308. The van der Waals surface area contributed by atoms with Crippen LogP contribution in [-0.2, 0) is 13.0 Å². The minimum Gasteiger partial charge on any atom is -0.388 e. The summed E-state index contributed by atoms with van der Waals surface area (Å²) >= 11 is 0. The zero-order valence-corrected chi connectivity index (χ0v) is 10.3. The number of benzene rings is 1. The molecule has 1 N–H and O–H groups in total. The van der Waals surface area contributed by atoms with E-state index >= 15 is 0 Å². The number of hydrogen-bond acceptors (Lipinski definition) is 2. The maximum absolute atomic E-state index is 13.5. The van der Waals surface area contributed by atoms with Crippen molar-refractivity contribution in [2.75, 3.05) is 0 Å². The molecule has 0 aliphatic heterocycles. The molecule has 3 nitrogen and oxygen atoms in total. The molecule has 1 aromatic heterocycles. The van der Waals surface area contributed by atoms with Crippen molar-refractivity contribution in [2.45, 2.75) is 26.0 Å². The first-order valence-corrected chi connectivity index (χ1v) is 5.86. The molecular weight excluding hydrogens is 257 g/mol. The van der Waals surface area contributed by atoms with Crippen LogP contribution in [0.2, 0.25) is 0 Å². The summed E-state index contributed by atoms with van der Waals surface area (Å²) in [6, 6.07) is 1.83. The fourth-order valence-electron chi connectivity index (χ4n) is 1.90. The van der Waals surface area contributed by atoms with Gasteiger partial charge in [-0.2, -0.15) is 0 Å². The van der Waals surface area contributed by atoms with E-state index in [1.807, 2.05) is 6.92 Å². The molecule has 0 aliphatic rings. The highest BCUT2D eigenvalue weighted by molar-refractivity contribution is 5.23. The van der Waals surface area contributed by atoms with Gasteiger partial charge in [0.25, 0.3) is 0 Å². The second-order valence-corrected chi connectivity index (χ2v) is 4.11. The first-order valence-electron chi connectivity index (χ1n) is 5.86. The van der Waals surface area contributed by atoms with E-state index in [9.17, 15) is 18.3 Å². The Morgan fingerprint density at radius 2 is 2.00 bits per heavy atom. The molecule has 0 spiro atoms. The van der Waals surface area contributed by atoms with Crippen molar-refractivity contribution in [3.8, 4) is 0 Å². The molecule has 2 rings (SSSR count). The van der Waals surface area contributed by atoms with E-state index in [-0.39, 0.29) is 12.0 Å². The molecule has 0 fully saturated rings. The van der Waals surface area contributed by atoms with Crippen LogP contribution in [0.25, 0.3) is 0 Å². The van der Waals surface area contributed by atoms with Crippen LogP contribution in [0.15, 0.2) is 24.5 Å². The van der Waals surface area contributed by atoms with Crippen LogP contribution in [0, 0.1) is 17.5 Å². The lowest BCUT2D eigenvalue weighted by atomic mass is 10.1. The third kappa shape index (κ3) is 2.63. The Hall–Kier alpha value is -1.82. The maximum atomic E-state index is 13.5. The summed E-state index contributed by atoms with van der Waals surface area (Å²) in [5.41, 5.74) is -0.274. The van der Waals surface area contributed by atoms with Gasteiger partial charge in [0, 0.05) is 30.9 Å². The minimum atomic E-state index is -1.57. The summed E-state index contributed by atoms with van der Waals surface area (Å²) < 4.78 is 41.2. The second-order valence-electron chi connectivity index (χ2n) is 4.11. The summed E-state index contributed by atoms with van der Waals surface area (Å²) in [6.07, 6.45) is 2.04. The molecule has 1 aromatic carbocycles. The molecule has 0 radical (unpaired) electrons. The quantitative estimate of drug-likeness (QED) is 0.867. The summed E-state index contributed by atoms with van der Waals surface area (Å²) in [4.78, 5) is 4.03. The molecule has 6 heteroatoms. The molecule has 1 atom stereocenters. The van der Waals surface area contributed by atoms with Gasteiger partial charge >= 0.3 is 0 Å². The van der Waals surface area contributed by atoms with Gasteiger partial charge in [0.1, 0.15) is 5.82 Å². The molecule has 0 aliphatic carbocycles. The van der Waals surface area contributed by atoms with Crippen molar-refractivity contribution < 1.29 is 18.3 Å². The Kier molecular flexibility index (Phi) is 3.90. The highest BCUT2D eigenvalue weighted by Gasteiger charge is 2.20. The Morgan fingerprint density at radius 3 is 2.68 bits per heavy atom. The van der Waals surface area contributed by atoms with E-state index in [1.54, 1.807) is 17.0 Å². The average Bonchev–Trinajstić information content (AvgIpc) is 2.83. The molecule has 0 amide bonds. The van der Waals surface area contributed by atoms with Crippen LogP contribution in [0.5, 0.6) is 0 Å². The monoisotopic (exact) mass is 270 g/mol. The number of aliphatic hydroxyl groups excluding tert-OH is 1. The summed E-state index contributed by atoms with van der Waals surface area (Å²) in [7, 11) is 0. The van der Waals surface area contributed by atoms with Gasteiger partial charge in [0.05, 0.1) is 6.10 Å². The van der Waals surface area contributed by atoms with Crippen molar-refractivity contribution in [1.82, 2.24) is 9.55 Å². The van der Waals surface area contributed by atoms with Crippen LogP contribution in [0.4, 0.5) is 13.2 Å². The highest BCUT2D eigenvalue weighted by atomic mass is 19.2. The Labute approximate surface area is 108 Å². The van der Waals surface area contributed by atoms with Crippen molar-refractivity contribution in [3.63, 3.8) is 0 Å². The van der Waals surface area contributed by atoms with Crippen molar-refractivity contribution >= 4 is 0 Å². The summed E-state index contributed by atoms with van der Waals surface area (Å²) in [5.74, 6) is -3.65. The first-order chi connectivity index (χ1) is 9.04. The Balaban J connectivity index is 2.25. The number of aryl methyl sites for hydroxylation is 1. The van der Waals surface area contributed by atoms with Crippen LogP contribution >= 0.6 is 0 Å². The van der Waals surface area contributed by atoms with Gasteiger partial charge in [-0.3, -0.25) is 0 Å². The van der Waals surface area contributed by atoms with Gasteiger partial charge < -0.3 is 9.67 Å². The lowest BCUT2D eigenvalue weighted by Gasteiger charge is -2.13. The Morgan fingerprint density at radius 1 is 1.26 bits per heavy atom. The number of imidazole rings is 1. The van der Waals surface area contributed by atoms with Crippen molar-refractivity contribution in [1.29, 1.82) is 0 Å². The van der Waals surface area contributed by atoms with Crippen molar-refractivity contribution in [3.05, 3.63) is 53.4 Å². The number of aromatic nitrogens is 2. The molecule has 2 aromatic rings. The number of halogens is 3. The molecule has 0 saturated heterocycles. The van der Waals surface area contributed by atoms with Gasteiger partial charge in [0.15, 0.2) is 17.5 Å². The standard InChI is InChI=1S/C13H13F3N2O/c1-2-18-6-5-17-11(18)7-10(19)8-3-4-9(14)13(16)12(8)15/h3-6,10,19H,2,7H2,1H3. The van der Waals surface area contributed by atoms with E-state index in [4.69, 9.17) is 0 Å². The highest BCUT2D eigenvalue weighted by Crippen LogP contribution is 2.23. The zero-order valence-electron chi connectivity index (χ0n) is 10.3. The van der Waals surface area contributed by atoms with Gasteiger partial charge in [0.2, 0.25) is 0 Å². The second kappa shape index (κ2) is 5.44. The van der Waals surface area contributed by atoms with Crippen LogP contribution in [0.1, 0.15) is 24.4 Å². The largest absolute Gasteiger partial charge is 0.388 e. The molecule has 1 unspecified atom stereocenters. The Bertz CT molecular complexity index is 583. The van der Waals surface area contributed by atoms with E-state index in [0.29, 0.717) is 12.4 Å². The maximum Gasteiger partial charge on any atom is 0.194 e. The predicted molar refractivity (Wildman–Crippen MR) is 62.9 cm³/mol. The zero-order chi connectivity index (χ0) is 14.0. The van der Waals surface area contributed by atoms with Gasteiger partial charge in [-0.05, 0) is 13.0 Å². The number of rotatable bonds is 4. The molecule has 0 bridgehead atoms. The smallest absolute Gasteiger partial charge is 0.194 e. The summed E-state index contributed by atoms with van der Waals surface area (Å²) in [5, 5.41) is 9.93. The van der Waals surface area contributed by atoms with Gasteiger partial charge in [-0.1, -0.05) is 6.07 Å². The molecular formula is C13H13F3N2O. The molecule has 19 heavy (non-hydrogen) atoms. The SMILES string of the molecule is CCn1ccnc1CC(O)c1ccc(F)c(F)c1F.